The second-order valence-electron chi connectivity index (χ2n) is 6.68. The maximum Gasteiger partial charge on any atom is 0.417 e. The van der Waals surface area contributed by atoms with Gasteiger partial charge in [0.05, 0.1) is 21.2 Å². The van der Waals surface area contributed by atoms with E-state index in [1.807, 2.05) is 0 Å². The number of hydrogen-bond acceptors (Lipinski definition) is 4. The topological polar surface area (TPSA) is 75.7 Å². The van der Waals surface area contributed by atoms with Crippen molar-refractivity contribution in [2.24, 2.45) is 0 Å². The molecule has 6 nitrogen and oxygen atoms in total. The molecule has 0 aromatic heterocycles. The van der Waals surface area contributed by atoms with Crippen molar-refractivity contribution in [3.63, 3.8) is 0 Å². The molecule has 0 fully saturated rings. The van der Waals surface area contributed by atoms with Gasteiger partial charge in [0.2, 0.25) is 5.91 Å². The zero-order chi connectivity index (χ0) is 23.2. The molecule has 31 heavy (non-hydrogen) atoms. The summed E-state index contributed by atoms with van der Waals surface area (Å²) >= 11 is 5.66. The van der Waals surface area contributed by atoms with Crippen molar-refractivity contribution in [1.82, 2.24) is 5.32 Å². The van der Waals surface area contributed by atoms with E-state index < -0.39 is 39.2 Å². The number of alkyl halides is 3. The van der Waals surface area contributed by atoms with Crippen LogP contribution in [-0.4, -0.2) is 41.1 Å². The van der Waals surface area contributed by atoms with E-state index in [1.54, 1.807) is 19.1 Å². The summed E-state index contributed by atoms with van der Waals surface area (Å²) < 4.78 is 71.9. The van der Waals surface area contributed by atoms with Crippen LogP contribution in [0.1, 0.15) is 17.5 Å². The number of hydrogen-bond donors (Lipinski definition) is 1. The van der Waals surface area contributed by atoms with Gasteiger partial charge in [0, 0.05) is 20.3 Å². The maximum absolute atomic E-state index is 13.3. The quantitative estimate of drug-likeness (QED) is 0.552. The Bertz CT molecular complexity index is 1010. The molecule has 0 aliphatic heterocycles. The molecule has 2 rings (SSSR count). The molecule has 2 aromatic rings. The molecule has 0 radical (unpaired) electrons. The molecule has 1 amide bonds. The number of benzene rings is 2. The number of nitrogens with one attached hydrogen (secondary N) is 1. The third-order valence-corrected chi connectivity index (χ3v) is 6.40. The molecule has 0 bridgehead atoms. The van der Waals surface area contributed by atoms with Gasteiger partial charge in [0.25, 0.3) is 10.0 Å². The van der Waals surface area contributed by atoms with Crippen molar-refractivity contribution in [3.05, 3.63) is 58.6 Å². The lowest BCUT2D eigenvalue weighted by Crippen LogP contribution is -2.41. The van der Waals surface area contributed by atoms with Crippen molar-refractivity contribution in [1.29, 1.82) is 0 Å². The third kappa shape index (κ3) is 6.59. The molecule has 1 N–H and O–H groups in total. The lowest BCUT2D eigenvalue weighted by atomic mass is 10.2. The van der Waals surface area contributed by atoms with Gasteiger partial charge in [-0.05, 0) is 43.7 Å². The Morgan fingerprint density at radius 1 is 1.16 bits per heavy atom. The molecule has 0 saturated heterocycles. The highest BCUT2D eigenvalue weighted by atomic mass is 35.5. The summed E-state index contributed by atoms with van der Waals surface area (Å²) in [5, 5.41) is 1.96. The van der Waals surface area contributed by atoms with E-state index in [9.17, 15) is 26.4 Å². The number of methoxy groups -OCH3 is 1. The highest BCUT2D eigenvalue weighted by Gasteiger charge is 2.35. The largest absolute Gasteiger partial charge is 0.417 e. The molecule has 0 aliphatic rings. The Hall–Kier alpha value is -2.30. The van der Waals surface area contributed by atoms with Gasteiger partial charge in [-0.3, -0.25) is 9.10 Å². The van der Waals surface area contributed by atoms with Crippen LogP contribution in [0.4, 0.5) is 18.9 Å². The van der Waals surface area contributed by atoms with Crippen molar-refractivity contribution >= 4 is 33.2 Å². The number of amides is 1. The van der Waals surface area contributed by atoms with Crippen LogP contribution >= 0.6 is 11.6 Å². The van der Waals surface area contributed by atoms with Crippen LogP contribution in [0.15, 0.2) is 47.4 Å². The van der Waals surface area contributed by atoms with Gasteiger partial charge in [0.1, 0.15) is 6.54 Å². The Balaban J connectivity index is 2.46. The summed E-state index contributed by atoms with van der Waals surface area (Å²) in [6.45, 7) is 1.66. The number of ether oxygens (including phenoxy) is 1. The predicted octanol–water partition coefficient (Wildman–Crippen LogP) is 4.02. The van der Waals surface area contributed by atoms with Gasteiger partial charge in [-0.15, -0.1) is 0 Å². The van der Waals surface area contributed by atoms with Crippen LogP contribution < -0.4 is 9.62 Å². The van der Waals surface area contributed by atoms with Crippen LogP contribution in [0, 0.1) is 6.92 Å². The summed E-state index contributed by atoms with van der Waals surface area (Å²) in [4.78, 5) is 12.2. The minimum Gasteiger partial charge on any atom is -0.385 e. The van der Waals surface area contributed by atoms with Crippen LogP contribution in [-0.2, 0) is 25.7 Å². The van der Waals surface area contributed by atoms with E-state index in [-0.39, 0.29) is 17.1 Å². The Labute approximate surface area is 184 Å². The van der Waals surface area contributed by atoms with Crippen LogP contribution in [0.3, 0.4) is 0 Å². The maximum atomic E-state index is 13.3. The minimum atomic E-state index is -4.80. The summed E-state index contributed by atoms with van der Waals surface area (Å²) in [6.07, 6.45) is -4.30. The van der Waals surface area contributed by atoms with Crippen molar-refractivity contribution in [2.45, 2.75) is 24.4 Å². The van der Waals surface area contributed by atoms with E-state index in [4.69, 9.17) is 16.3 Å². The first-order valence-electron chi connectivity index (χ1n) is 9.18. The van der Waals surface area contributed by atoms with Crippen LogP contribution in [0.25, 0.3) is 0 Å². The SMILES string of the molecule is COCCCNC(=O)CN(c1ccc(Cl)c(C(F)(F)F)c1)S(=O)(=O)c1ccc(C)cc1. The van der Waals surface area contributed by atoms with E-state index in [1.165, 1.54) is 19.2 Å². The average Bonchev–Trinajstić information content (AvgIpc) is 2.69. The second kappa shape index (κ2) is 10.3. The minimum absolute atomic E-state index is 0.159. The van der Waals surface area contributed by atoms with E-state index >= 15 is 0 Å². The lowest BCUT2D eigenvalue weighted by molar-refractivity contribution is -0.137. The fourth-order valence-corrected chi connectivity index (χ4v) is 4.31. The van der Waals surface area contributed by atoms with Gasteiger partial charge in [-0.1, -0.05) is 29.3 Å². The van der Waals surface area contributed by atoms with Gasteiger partial charge in [-0.25, -0.2) is 8.42 Å². The van der Waals surface area contributed by atoms with Gasteiger partial charge < -0.3 is 10.1 Å². The molecular weight excluding hydrogens is 457 g/mol. The van der Waals surface area contributed by atoms with E-state index in [2.05, 4.69) is 5.32 Å². The van der Waals surface area contributed by atoms with Gasteiger partial charge in [-0.2, -0.15) is 13.2 Å². The molecule has 11 heteroatoms. The molecule has 0 aliphatic carbocycles. The Morgan fingerprint density at radius 2 is 1.81 bits per heavy atom. The normalized spacial score (nSPS) is 11.9. The standard InChI is InChI=1S/C20H22ClF3N2O4S/c1-14-4-7-16(8-5-14)31(28,29)26(13-19(27)25-10-3-11-30-2)15-6-9-18(21)17(12-15)20(22,23)24/h4-9,12H,3,10-11,13H2,1-2H3,(H,25,27). The van der Waals surface area contributed by atoms with Crippen molar-refractivity contribution in [2.75, 3.05) is 31.1 Å². The van der Waals surface area contributed by atoms with Gasteiger partial charge >= 0.3 is 6.18 Å². The monoisotopic (exact) mass is 478 g/mol. The summed E-state index contributed by atoms with van der Waals surface area (Å²) in [6, 6.07) is 8.46. The number of anilines is 1. The van der Waals surface area contributed by atoms with E-state index in [0.717, 1.165) is 17.7 Å². The first-order valence-corrected chi connectivity index (χ1v) is 11.0. The molecule has 0 unspecified atom stereocenters. The van der Waals surface area contributed by atoms with Crippen LogP contribution in [0.5, 0.6) is 0 Å². The fraction of sp³-hybridized carbons (Fsp3) is 0.350. The predicted molar refractivity (Wildman–Crippen MR) is 112 cm³/mol. The number of rotatable bonds is 9. The average molecular weight is 479 g/mol. The van der Waals surface area contributed by atoms with Crippen molar-refractivity contribution in [3.8, 4) is 0 Å². The zero-order valence-electron chi connectivity index (χ0n) is 16.9. The first-order chi connectivity index (χ1) is 14.5. The lowest BCUT2D eigenvalue weighted by Gasteiger charge is -2.25. The molecule has 2 aromatic carbocycles. The summed E-state index contributed by atoms with van der Waals surface area (Å²) in [7, 11) is -2.84. The smallest absolute Gasteiger partial charge is 0.385 e. The summed E-state index contributed by atoms with van der Waals surface area (Å²) in [5.74, 6) is -0.671. The van der Waals surface area contributed by atoms with Gasteiger partial charge in [0.15, 0.2) is 0 Å². The molecule has 0 atom stereocenters. The molecular formula is C20H22ClF3N2O4S. The Morgan fingerprint density at radius 3 is 2.39 bits per heavy atom. The van der Waals surface area contributed by atoms with E-state index in [0.29, 0.717) is 23.4 Å². The zero-order valence-corrected chi connectivity index (χ0v) is 18.4. The third-order valence-electron chi connectivity index (χ3n) is 4.29. The summed E-state index contributed by atoms with van der Waals surface area (Å²) in [5.41, 5.74) is -0.729. The van der Waals surface area contributed by atoms with Crippen LogP contribution in [0.2, 0.25) is 5.02 Å². The fourth-order valence-electron chi connectivity index (χ4n) is 2.67. The highest BCUT2D eigenvalue weighted by molar-refractivity contribution is 7.92. The number of nitrogens with zero attached hydrogens (tertiary/aromatic N) is 1. The number of aryl methyl sites for hydroxylation is 1. The first kappa shape index (κ1) is 25.0. The Kier molecular flexibility index (Phi) is 8.33. The molecule has 0 saturated carbocycles. The molecule has 0 spiro atoms. The van der Waals surface area contributed by atoms with Crippen molar-refractivity contribution < 1.29 is 31.1 Å². The number of carbonyl (C=O) groups excluding carboxylic acids is 1. The highest BCUT2D eigenvalue weighted by Crippen LogP contribution is 2.38. The molecule has 0 heterocycles. The number of sulfonamides is 1. The number of halogens is 4. The number of carbonyl (C=O) groups is 1. The molecule has 170 valence electrons. The second-order valence-corrected chi connectivity index (χ2v) is 8.95.